The van der Waals surface area contributed by atoms with Crippen molar-refractivity contribution in [2.24, 2.45) is 5.90 Å². The second kappa shape index (κ2) is 4.74. The fourth-order valence-electron chi connectivity index (χ4n) is 1.01. The first-order valence-electron chi connectivity index (χ1n) is 3.95. The first-order valence-corrected chi connectivity index (χ1v) is 3.95. The molecule has 3 heteroatoms. The molecular formula is C9H14N2O. The van der Waals surface area contributed by atoms with Crippen LogP contribution >= 0.6 is 0 Å². The molecule has 0 atom stereocenters. The lowest BCUT2D eigenvalue weighted by Crippen LogP contribution is -2.12. The van der Waals surface area contributed by atoms with Crippen LogP contribution in [0.5, 0.6) is 0 Å². The fraction of sp³-hybridized carbons (Fsp3) is 0.333. The number of nitrogens with one attached hydrogen (secondary N) is 1. The van der Waals surface area contributed by atoms with Crippen molar-refractivity contribution >= 4 is 5.69 Å². The quantitative estimate of drug-likeness (QED) is 0.523. The van der Waals surface area contributed by atoms with E-state index in [1.807, 2.05) is 12.1 Å². The molecule has 0 fully saturated rings. The third-order valence-electron chi connectivity index (χ3n) is 1.57. The molecule has 0 aliphatic heterocycles. The summed E-state index contributed by atoms with van der Waals surface area (Å²) in [5.41, 5.74) is 2.35. The van der Waals surface area contributed by atoms with Crippen LogP contribution in [0.3, 0.4) is 0 Å². The molecule has 0 saturated heterocycles. The summed E-state index contributed by atoms with van der Waals surface area (Å²) < 4.78 is 0. The highest BCUT2D eigenvalue weighted by molar-refractivity contribution is 5.45. The zero-order chi connectivity index (χ0) is 8.81. The van der Waals surface area contributed by atoms with E-state index in [2.05, 4.69) is 29.2 Å². The highest BCUT2D eigenvalue weighted by Gasteiger charge is 1.90. The lowest BCUT2D eigenvalue weighted by molar-refractivity contribution is 0.148. The Hall–Kier alpha value is -1.06. The van der Waals surface area contributed by atoms with E-state index in [9.17, 15) is 0 Å². The minimum absolute atomic E-state index is 0.522. The van der Waals surface area contributed by atoms with Gasteiger partial charge in [-0.05, 0) is 24.6 Å². The molecule has 0 aliphatic carbocycles. The van der Waals surface area contributed by atoms with E-state index in [0.29, 0.717) is 6.61 Å². The van der Waals surface area contributed by atoms with Gasteiger partial charge in [0.25, 0.3) is 0 Å². The first kappa shape index (κ1) is 9.03. The minimum Gasteiger partial charge on any atom is -0.383 e. The molecule has 0 unspecified atom stereocenters. The lowest BCUT2D eigenvalue weighted by Gasteiger charge is -2.05. The summed E-state index contributed by atoms with van der Waals surface area (Å²) in [6.07, 6.45) is 0. The topological polar surface area (TPSA) is 47.3 Å². The zero-order valence-corrected chi connectivity index (χ0v) is 7.21. The van der Waals surface area contributed by atoms with E-state index in [4.69, 9.17) is 5.90 Å². The van der Waals surface area contributed by atoms with Gasteiger partial charge in [0.15, 0.2) is 0 Å². The summed E-state index contributed by atoms with van der Waals surface area (Å²) >= 11 is 0. The van der Waals surface area contributed by atoms with Crippen molar-refractivity contribution in [3.05, 3.63) is 29.8 Å². The summed E-state index contributed by atoms with van der Waals surface area (Å²) in [5, 5.41) is 3.18. The van der Waals surface area contributed by atoms with Crippen LogP contribution in [0.15, 0.2) is 24.3 Å². The molecule has 1 rings (SSSR count). The molecule has 0 aromatic heterocycles. The summed E-state index contributed by atoms with van der Waals surface area (Å²) in [5.74, 6) is 4.88. The maximum atomic E-state index is 4.88. The molecule has 0 amide bonds. The van der Waals surface area contributed by atoms with E-state index in [1.54, 1.807) is 0 Å². The van der Waals surface area contributed by atoms with Crippen LogP contribution in [0.2, 0.25) is 0 Å². The van der Waals surface area contributed by atoms with Crippen molar-refractivity contribution in [2.75, 3.05) is 18.5 Å². The molecule has 66 valence electrons. The number of benzene rings is 1. The monoisotopic (exact) mass is 166 g/mol. The van der Waals surface area contributed by atoms with Gasteiger partial charge in [-0.3, -0.25) is 0 Å². The van der Waals surface area contributed by atoms with Crippen molar-refractivity contribution in [1.82, 2.24) is 0 Å². The van der Waals surface area contributed by atoms with Gasteiger partial charge in [0.2, 0.25) is 0 Å². The van der Waals surface area contributed by atoms with E-state index in [0.717, 1.165) is 12.2 Å². The van der Waals surface area contributed by atoms with Gasteiger partial charge in [0, 0.05) is 12.2 Å². The Kier molecular flexibility index (Phi) is 3.57. The van der Waals surface area contributed by atoms with Gasteiger partial charge in [-0.25, -0.2) is 5.90 Å². The average Bonchev–Trinajstić information content (AvgIpc) is 2.05. The number of anilines is 1. The van der Waals surface area contributed by atoms with Crippen molar-refractivity contribution in [2.45, 2.75) is 6.92 Å². The number of hydrogen-bond donors (Lipinski definition) is 2. The van der Waals surface area contributed by atoms with Crippen LogP contribution in [-0.2, 0) is 4.84 Å². The Labute approximate surface area is 72.5 Å². The van der Waals surface area contributed by atoms with Crippen molar-refractivity contribution in [1.29, 1.82) is 0 Å². The van der Waals surface area contributed by atoms with Gasteiger partial charge >= 0.3 is 0 Å². The van der Waals surface area contributed by atoms with Crippen LogP contribution in [0.1, 0.15) is 5.56 Å². The van der Waals surface area contributed by atoms with Gasteiger partial charge < -0.3 is 10.2 Å². The Balaban J connectivity index is 2.41. The van der Waals surface area contributed by atoms with E-state index < -0.39 is 0 Å². The first-order chi connectivity index (χ1) is 5.83. The van der Waals surface area contributed by atoms with Crippen molar-refractivity contribution in [3.8, 4) is 0 Å². The standard InChI is InChI=1S/C9H14N2O/c1-8-3-2-4-9(7-8)11-5-6-12-10/h2-4,7,11H,5-6,10H2,1H3. The Morgan fingerprint density at radius 1 is 1.50 bits per heavy atom. The summed E-state index contributed by atoms with van der Waals surface area (Å²) in [6.45, 7) is 3.32. The maximum Gasteiger partial charge on any atom is 0.0851 e. The zero-order valence-electron chi connectivity index (χ0n) is 7.21. The van der Waals surface area contributed by atoms with Crippen LogP contribution in [0.25, 0.3) is 0 Å². The Bertz CT molecular complexity index is 238. The van der Waals surface area contributed by atoms with Crippen LogP contribution in [-0.4, -0.2) is 13.2 Å². The van der Waals surface area contributed by atoms with Gasteiger partial charge in [-0.15, -0.1) is 0 Å². The maximum absolute atomic E-state index is 4.88. The van der Waals surface area contributed by atoms with Crippen molar-refractivity contribution in [3.63, 3.8) is 0 Å². The molecule has 3 N–H and O–H groups in total. The van der Waals surface area contributed by atoms with Gasteiger partial charge in [0.05, 0.1) is 6.61 Å². The van der Waals surface area contributed by atoms with E-state index in [1.165, 1.54) is 5.56 Å². The second-order valence-corrected chi connectivity index (χ2v) is 2.67. The van der Waals surface area contributed by atoms with Gasteiger partial charge in [0.1, 0.15) is 0 Å². The van der Waals surface area contributed by atoms with Gasteiger partial charge in [-0.2, -0.15) is 0 Å². The third-order valence-corrected chi connectivity index (χ3v) is 1.57. The normalized spacial score (nSPS) is 9.83. The predicted octanol–water partition coefficient (Wildman–Crippen LogP) is 1.30. The predicted molar refractivity (Wildman–Crippen MR) is 49.8 cm³/mol. The molecule has 3 nitrogen and oxygen atoms in total. The number of nitrogens with two attached hydrogens (primary N) is 1. The van der Waals surface area contributed by atoms with Crippen LogP contribution < -0.4 is 11.2 Å². The molecule has 0 aliphatic rings. The molecule has 0 heterocycles. The molecule has 1 aromatic carbocycles. The smallest absolute Gasteiger partial charge is 0.0851 e. The van der Waals surface area contributed by atoms with Crippen molar-refractivity contribution < 1.29 is 4.84 Å². The summed E-state index contributed by atoms with van der Waals surface area (Å²) in [7, 11) is 0. The molecule has 0 radical (unpaired) electrons. The Morgan fingerprint density at radius 2 is 2.33 bits per heavy atom. The third kappa shape index (κ3) is 2.90. The van der Waals surface area contributed by atoms with Crippen LogP contribution in [0, 0.1) is 6.92 Å². The molecule has 1 aromatic rings. The van der Waals surface area contributed by atoms with Crippen LogP contribution in [0.4, 0.5) is 5.69 Å². The molecule has 0 spiro atoms. The minimum atomic E-state index is 0.522. The summed E-state index contributed by atoms with van der Waals surface area (Å²) in [6, 6.07) is 8.17. The molecule has 0 saturated carbocycles. The fourth-order valence-corrected chi connectivity index (χ4v) is 1.01. The van der Waals surface area contributed by atoms with Gasteiger partial charge in [-0.1, -0.05) is 12.1 Å². The Morgan fingerprint density at radius 3 is 3.00 bits per heavy atom. The summed E-state index contributed by atoms with van der Waals surface area (Å²) in [4.78, 5) is 4.43. The molecule has 12 heavy (non-hydrogen) atoms. The highest BCUT2D eigenvalue weighted by Crippen LogP contribution is 2.08. The molecular weight excluding hydrogens is 152 g/mol. The second-order valence-electron chi connectivity index (χ2n) is 2.67. The number of hydrogen-bond acceptors (Lipinski definition) is 3. The molecule has 0 bridgehead atoms. The lowest BCUT2D eigenvalue weighted by atomic mass is 10.2. The highest BCUT2D eigenvalue weighted by atomic mass is 16.6. The largest absolute Gasteiger partial charge is 0.383 e. The number of aryl methyl sites for hydroxylation is 1. The van der Waals surface area contributed by atoms with E-state index in [-0.39, 0.29) is 0 Å². The SMILES string of the molecule is Cc1cccc(NCCON)c1. The van der Waals surface area contributed by atoms with E-state index >= 15 is 0 Å². The number of rotatable bonds is 4. The average molecular weight is 166 g/mol.